The maximum atomic E-state index is 13.0. The van der Waals surface area contributed by atoms with Crippen LogP contribution in [0.1, 0.15) is 23.2 Å². The molecule has 0 atom stereocenters. The van der Waals surface area contributed by atoms with Crippen molar-refractivity contribution in [2.75, 3.05) is 13.2 Å². The molecule has 0 spiro atoms. The van der Waals surface area contributed by atoms with Crippen LogP contribution < -0.4 is 5.43 Å². The number of ether oxygens (including phenoxy) is 1. The quantitative estimate of drug-likeness (QED) is 0.928. The summed E-state index contributed by atoms with van der Waals surface area (Å²) in [7, 11) is 0. The minimum atomic E-state index is -1.29. The minimum absolute atomic E-state index is 0.155. The molecule has 6 nitrogen and oxygen atoms in total. The van der Waals surface area contributed by atoms with Crippen molar-refractivity contribution >= 4 is 5.97 Å². The van der Waals surface area contributed by atoms with Crippen LogP contribution in [0.4, 0.5) is 4.39 Å². The van der Waals surface area contributed by atoms with Gasteiger partial charge in [0.05, 0.1) is 17.5 Å². The van der Waals surface area contributed by atoms with Crippen LogP contribution in [0.25, 0.3) is 11.3 Å². The molecule has 0 aromatic carbocycles. The number of rotatable bonds is 4. The first-order valence-corrected chi connectivity index (χ1v) is 7.71. The number of aromatic carboxylic acids is 1. The molecule has 2 aromatic heterocycles. The Morgan fingerprint density at radius 2 is 2.08 bits per heavy atom. The third-order valence-corrected chi connectivity index (χ3v) is 4.12. The number of pyridine rings is 2. The smallest absolute Gasteiger partial charge is 0.341 e. The van der Waals surface area contributed by atoms with Crippen molar-refractivity contribution in [1.82, 2.24) is 9.55 Å². The summed E-state index contributed by atoms with van der Waals surface area (Å²) in [6, 6.07) is 2.56. The van der Waals surface area contributed by atoms with Gasteiger partial charge >= 0.3 is 5.97 Å². The third-order valence-electron chi connectivity index (χ3n) is 4.12. The number of hydrogen-bond acceptors (Lipinski definition) is 4. The van der Waals surface area contributed by atoms with Gasteiger partial charge in [-0.2, -0.15) is 0 Å². The largest absolute Gasteiger partial charge is 0.477 e. The molecular formula is C17H17FN2O4. The summed E-state index contributed by atoms with van der Waals surface area (Å²) in [6.45, 7) is 1.96. The van der Waals surface area contributed by atoms with Gasteiger partial charge in [-0.05, 0) is 30.9 Å². The second-order valence-electron chi connectivity index (χ2n) is 5.83. The van der Waals surface area contributed by atoms with E-state index in [2.05, 4.69) is 4.98 Å². The molecule has 1 saturated heterocycles. The maximum Gasteiger partial charge on any atom is 0.341 e. The highest BCUT2D eigenvalue weighted by Gasteiger charge is 2.19. The molecule has 0 saturated carbocycles. The van der Waals surface area contributed by atoms with Gasteiger partial charge in [0.2, 0.25) is 5.43 Å². The molecule has 3 rings (SSSR count). The topological polar surface area (TPSA) is 81.4 Å². The second-order valence-corrected chi connectivity index (χ2v) is 5.83. The summed E-state index contributed by atoms with van der Waals surface area (Å²) >= 11 is 0. The zero-order valence-corrected chi connectivity index (χ0v) is 12.9. The first-order chi connectivity index (χ1) is 11.5. The molecule has 0 amide bonds. The van der Waals surface area contributed by atoms with Crippen LogP contribution in [0.15, 0.2) is 35.5 Å². The standard InChI is InChI=1S/C17H17FN2O4/c18-12-1-2-15(19-7-12)13-9-20(8-11-3-5-24-6-4-11)10-14(16(13)21)17(22)23/h1-2,7,9-11H,3-6,8H2,(H,22,23). The monoisotopic (exact) mass is 332 g/mol. The van der Waals surface area contributed by atoms with E-state index in [0.717, 1.165) is 19.0 Å². The number of aromatic nitrogens is 2. The fourth-order valence-corrected chi connectivity index (χ4v) is 2.83. The highest BCUT2D eigenvalue weighted by atomic mass is 19.1. The summed E-state index contributed by atoms with van der Waals surface area (Å²) in [6.07, 6.45) is 5.72. The Labute approximate surface area is 137 Å². The van der Waals surface area contributed by atoms with E-state index in [0.29, 0.717) is 25.7 Å². The third kappa shape index (κ3) is 3.51. The molecule has 1 N–H and O–H groups in total. The average Bonchev–Trinajstić information content (AvgIpc) is 2.58. The summed E-state index contributed by atoms with van der Waals surface area (Å²) in [5.41, 5.74) is -0.525. The molecule has 1 fully saturated rings. The van der Waals surface area contributed by atoms with Gasteiger partial charge in [0, 0.05) is 32.2 Å². The van der Waals surface area contributed by atoms with Gasteiger partial charge in [0.1, 0.15) is 11.4 Å². The number of carboxylic acid groups (broad SMARTS) is 1. The Hall–Kier alpha value is -2.54. The first-order valence-electron chi connectivity index (χ1n) is 7.71. The molecule has 3 heterocycles. The average molecular weight is 332 g/mol. The van der Waals surface area contributed by atoms with Crippen LogP contribution in [0.5, 0.6) is 0 Å². The molecule has 1 aliphatic rings. The summed E-state index contributed by atoms with van der Waals surface area (Å²) in [4.78, 5) is 27.7. The lowest BCUT2D eigenvalue weighted by molar-refractivity contribution is 0.0609. The Bertz CT molecular complexity index is 795. The lowest BCUT2D eigenvalue weighted by Crippen LogP contribution is -2.24. The number of carboxylic acids is 1. The van der Waals surface area contributed by atoms with Crippen LogP contribution in [0, 0.1) is 11.7 Å². The fraction of sp³-hybridized carbons (Fsp3) is 0.353. The highest BCUT2D eigenvalue weighted by molar-refractivity contribution is 5.88. The van der Waals surface area contributed by atoms with Crippen LogP contribution in [0.3, 0.4) is 0 Å². The van der Waals surface area contributed by atoms with E-state index < -0.39 is 17.2 Å². The van der Waals surface area contributed by atoms with Crippen LogP contribution in [-0.4, -0.2) is 33.8 Å². The van der Waals surface area contributed by atoms with Crippen molar-refractivity contribution in [3.05, 3.63) is 52.3 Å². The molecule has 0 unspecified atom stereocenters. The van der Waals surface area contributed by atoms with Crippen molar-refractivity contribution in [3.63, 3.8) is 0 Å². The van der Waals surface area contributed by atoms with Gasteiger partial charge < -0.3 is 14.4 Å². The molecule has 0 radical (unpaired) electrons. The summed E-state index contributed by atoms with van der Waals surface area (Å²) < 4.78 is 20.1. The SMILES string of the molecule is O=C(O)c1cn(CC2CCOCC2)cc(-c2ccc(F)cn2)c1=O. The van der Waals surface area contributed by atoms with E-state index in [-0.39, 0.29) is 16.8 Å². The van der Waals surface area contributed by atoms with Gasteiger partial charge in [-0.15, -0.1) is 0 Å². The number of halogens is 1. The van der Waals surface area contributed by atoms with E-state index in [1.165, 1.54) is 18.3 Å². The predicted octanol–water partition coefficient (Wildman–Crippen LogP) is 2.17. The molecule has 24 heavy (non-hydrogen) atoms. The molecule has 1 aliphatic heterocycles. The van der Waals surface area contributed by atoms with Gasteiger partial charge in [0.25, 0.3) is 0 Å². The summed E-state index contributed by atoms with van der Waals surface area (Å²) in [5.74, 6) is -1.45. The first kappa shape index (κ1) is 16.3. The van der Waals surface area contributed by atoms with Crippen molar-refractivity contribution in [3.8, 4) is 11.3 Å². The van der Waals surface area contributed by atoms with Crippen LogP contribution >= 0.6 is 0 Å². The molecular weight excluding hydrogens is 315 g/mol. The van der Waals surface area contributed by atoms with Crippen LogP contribution in [-0.2, 0) is 11.3 Å². The van der Waals surface area contributed by atoms with E-state index in [1.54, 1.807) is 10.8 Å². The van der Waals surface area contributed by atoms with Crippen LogP contribution in [0.2, 0.25) is 0 Å². The molecule has 0 bridgehead atoms. The van der Waals surface area contributed by atoms with Gasteiger partial charge in [-0.1, -0.05) is 0 Å². The van der Waals surface area contributed by atoms with Crippen molar-refractivity contribution in [2.24, 2.45) is 5.92 Å². The highest BCUT2D eigenvalue weighted by Crippen LogP contribution is 2.19. The lowest BCUT2D eigenvalue weighted by atomic mass is 10.00. The number of nitrogens with zero attached hydrogens (tertiary/aromatic N) is 2. The van der Waals surface area contributed by atoms with E-state index in [4.69, 9.17) is 4.74 Å². The Morgan fingerprint density at radius 1 is 1.33 bits per heavy atom. The Morgan fingerprint density at radius 3 is 2.71 bits per heavy atom. The second kappa shape index (κ2) is 6.92. The van der Waals surface area contributed by atoms with Crippen molar-refractivity contribution in [1.29, 1.82) is 0 Å². The molecule has 7 heteroatoms. The van der Waals surface area contributed by atoms with Gasteiger partial charge in [-0.3, -0.25) is 9.78 Å². The molecule has 0 aliphatic carbocycles. The number of carbonyl (C=O) groups is 1. The van der Waals surface area contributed by atoms with Gasteiger partial charge in [-0.25, -0.2) is 9.18 Å². The zero-order valence-electron chi connectivity index (χ0n) is 12.9. The lowest BCUT2D eigenvalue weighted by Gasteiger charge is -2.23. The maximum absolute atomic E-state index is 13.0. The minimum Gasteiger partial charge on any atom is -0.477 e. The van der Waals surface area contributed by atoms with E-state index in [1.807, 2.05) is 0 Å². The zero-order chi connectivity index (χ0) is 17.1. The Balaban J connectivity index is 2.01. The van der Waals surface area contributed by atoms with E-state index in [9.17, 15) is 19.1 Å². The normalized spacial score (nSPS) is 15.4. The Kier molecular flexibility index (Phi) is 4.71. The molecule has 2 aromatic rings. The fourth-order valence-electron chi connectivity index (χ4n) is 2.83. The molecule has 126 valence electrons. The van der Waals surface area contributed by atoms with Crippen molar-refractivity contribution < 1.29 is 19.0 Å². The summed E-state index contributed by atoms with van der Waals surface area (Å²) in [5, 5.41) is 9.30. The van der Waals surface area contributed by atoms with E-state index >= 15 is 0 Å². The van der Waals surface area contributed by atoms with Crippen molar-refractivity contribution in [2.45, 2.75) is 19.4 Å². The number of hydrogen-bond donors (Lipinski definition) is 1. The van der Waals surface area contributed by atoms with Gasteiger partial charge in [0.15, 0.2) is 0 Å². The predicted molar refractivity (Wildman–Crippen MR) is 84.4 cm³/mol.